The van der Waals surface area contributed by atoms with Gasteiger partial charge in [-0.3, -0.25) is 4.79 Å². The fourth-order valence-corrected chi connectivity index (χ4v) is 1.64. The Kier molecular flexibility index (Phi) is 2.88. The van der Waals surface area contributed by atoms with Gasteiger partial charge in [-0.1, -0.05) is 28.1 Å². The van der Waals surface area contributed by atoms with Crippen LogP contribution in [-0.2, 0) is 0 Å². The summed E-state index contributed by atoms with van der Waals surface area (Å²) in [6.45, 7) is 0. The van der Waals surface area contributed by atoms with E-state index in [1.165, 1.54) is 0 Å². The van der Waals surface area contributed by atoms with Crippen molar-refractivity contribution in [1.29, 1.82) is 5.26 Å². The maximum Gasteiger partial charge on any atom is 0.265 e. The molecule has 0 aliphatic carbocycles. The third-order valence-corrected chi connectivity index (χ3v) is 2.73. The number of halogens is 1. The number of rotatable bonds is 1. The van der Waals surface area contributed by atoms with Gasteiger partial charge in [-0.05, 0) is 29.3 Å². The molecule has 0 bridgehead atoms. The molecule has 0 aliphatic heterocycles. The average molecular weight is 275 g/mol. The zero-order chi connectivity index (χ0) is 11.5. The molecule has 0 atom stereocenters. The number of aromatic amines is 1. The normalized spacial score (nSPS) is 9.75. The van der Waals surface area contributed by atoms with Gasteiger partial charge in [0.15, 0.2) is 0 Å². The van der Waals surface area contributed by atoms with Crippen LogP contribution in [0.1, 0.15) is 5.56 Å². The molecule has 0 spiro atoms. The lowest BCUT2D eigenvalue weighted by Gasteiger charge is -2.01. The fraction of sp³-hybridized carbons (Fsp3) is 0. The zero-order valence-corrected chi connectivity index (χ0v) is 9.78. The lowest BCUT2D eigenvalue weighted by atomic mass is 10.1. The molecule has 1 aromatic heterocycles. The molecule has 1 heterocycles. The van der Waals surface area contributed by atoms with Gasteiger partial charge in [0.1, 0.15) is 11.6 Å². The van der Waals surface area contributed by atoms with Gasteiger partial charge in [0.2, 0.25) is 0 Å². The molecule has 0 unspecified atom stereocenters. The van der Waals surface area contributed by atoms with Crippen molar-refractivity contribution in [3.63, 3.8) is 0 Å². The number of nitriles is 1. The Morgan fingerprint density at radius 2 is 1.88 bits per heavy atom. The molecule has 0 aliphatic rings. The van der Waals surface area contributed by atoms with E-state index in [1.54, 1.807) is 12.3 Å². The Labute approximate surface area is 100 Å². The number of hydrogen-bond acceptors (Lipinski definition) is 2. The SMILES string of the molecule is N#Cc1cc(-c2ccc(Br)cc2)c[nH]c1=O. The first-order valence-corrected chi connectivity index (χ1v) is 5.39. The molecule has 0 saturated carbocycles. The minimum atomic E-state index is -0.358. The molecule has 78 valence electrons. The summed E-state index contributed by atoms with van der Waals surface area (Å²) < 4.78 is 0.987. The Bertz CT molecular complexity index is 608. The molecule has 2 rings (SSSR count). The van der Waals surface area contributed by atoms with E-state index in [1.807, 2.05) is 30.3 Å². The highest BCUT2D eigenvalue weighted by Crippen LogP contribution is 2.20. The minimum absolute atomic E-state index is 0.125. The first-order valence-electron chi connectivity index (χ1n) is 4.59. The highest BCUT2D eigenvalue weighted by Gasteiger charge is 2.02. The Morgan fingerprint density at radius 3 is 2.50 bits per heavy atom. The van der Waals surface area contributed by atoms with E-state index in [4.69, 9.17) is 5.26 Å². The molecule has 16 heavy (non-hydrogen) atoms. The molecule has 1 aromatic carbocycles. The molecule has 4 heteroatoms. The van der Waals surface area contributed by atoms with Crippen molar-refractivity contribution >= 4 is 15.9 Å². The quantitative estimate of drug-likeness (QED) is 0.869. The van der Waals surface area contributed by atoms with Gasteiger partial charge in [-0.15, -0.1) is 0 Å². The summed E-state index contributed by atoms with van der Waals surface area (Å²) in [5, 5.41) is 8.76. The van der Waals surface area contributed by atoms with E-state index in [-0.39, 0.29) is 11.1 Å². The number of pyridine rings is 1. The minimum Gasteiger partial charge on any atom is -0.327 e. The first kappa shape index (κ1) is 10.7. The van der Waals surface area contributed by atoms with E-state index in [0.29, 0.717) is 0 Å². The van der Waals surface area contributed by atoms with Gasteiger partial charge >= 0.3 is 0 Å². The number of benzene rings is 1. The van der Waals surface area contributed by atoms with E-state index < -0.39 is 0 Å². The molecular formula is C12H7BrN2O. The summed E-state index contributed by atoms with van der Waals surface area (Å²) >= 11 is 3.35. The van der Waals surface area contributed by atoms with Crippen LogP contribution in [0.25, 0.3) is 11.1 Å². The van der Waals surface area contributed by atoms with Crippen LogP contribution in [0, 0.1) is 11.3 Å². The number of H-pyrrole nitrogens is 1. The van der Waals surface area contributed by atoms with Crippen molar-refractivity contribution in [1.82, 2.24) is 4.98 Å². The van der Waals surface area contributed by atoms with Gasteiger partial charge in [-0.2, -0.15) is 5.26 Å². The summed E-state index contributed by atoms with van der Waals surface area (Å²) in [6, 6.07) is 11.1. The summed E-state index contributed by atoms with van der Waals surface area (Å²) in [7, 11) is 0. The van der Waals surface area contributed by atoms with Crippen molar-refractivity contribution in [2.75, 3.05) is 0 Å². The molecule has 0 fully saturated rings. The summed E-state index contributed by atoms with van der Waals surface area (Å²) in [5.41, 5.74) is 1.54. The van der Waals surface area contributed by atoms with E-state index in [9.17, 15) is 4.79 Å². The van der Waals surface area contributed by atoms with Crippen LogP contribution in [-0.4, -0.2) is 4.98 Å². The Morgan fingerprint density at radius 1 is 1.19 bits per heavy atom. The number of hydrogen-bond donors (Lipinski definition) is 1. The van der Waals surface area contributed by atoms with Crippen LogP contribution < -0.4 is 5.56 Å². The van der Waals surface area contributed by atoms with E-state index in [0.717, 1.165) is 15.6 Å². The van der Waals surface area contributed by atoms with Gasteiger partial charge in [0.05, 0.1) is 0 Å². The monoisotopic (exact) mass is 274 g/mol. The predicted octanol–water partition coefficient (Wildman–Crippen LogP) is 2.68. The Balaban J connectivity index is 2.53. The largest absolute Gasteiger partial charge is 0.327 e. The second-order valence-corrected chi connectivity index (χ2v) is 4.17. The molecule has 0 amide bonds. The predicted molar refractivity (Wildman–Crippen MR) is 64.9 cm³/mol. The van der Waals surface area contributed by atoms with Crippen molar-refractivity contribution in [2.45, 2.75) is 0 Å². The number of nitrogens with one attached hydrogen (secondary N) is 1. The highest BCUT2D eigenvalue weighted by molar-refractivity contribution is 9.10. The molecular weight excluding hydrogens is 268 g/mol. The van der Waals surface area contributed by atoms with E-state index in [2.05, 4.69) is 20.9 Å². The van der Waals surface area contributed by atoms with Crippen molar-refractivity contribution in [3.05, 3.63) is 56.9 Å². The van der Waals surface area contributed by atoms with Crippen molar-refractivity contribution in [3.8, 4) is 17.2 Å². The van der Waals surface area contributed by atoms with Crippen LogP contribution in [0.3, 0.4) is 0 Å². The summed E-state index contributed by atoms with van der Waals surface area (Å²) in [5.74, 6) is 0. The van der Waals surface area contributed by atoms with Gasteiger partial charge < -0.3 is 4.98 Å². The lowest BCUT2D eigenvalue weighted by Crippen LogP contribution is -2.08. The third kappa shape index (κ3) is 2.05. The molecule has 2 aromatic rings. The number of nitrogens with zero attached hydrogens (tertiary/aromatic N) is 1. The standard InChI is InChI=1S/C12H7BrN2O/c13-11-3-1-8(2-4-11)10-5-9(6-14)12(16)15-7-10/h1-5,7H,(H,15,16). The molecule has 3 nitrogen and oxygen atoms in total. The maximum absolute atomic E-state index is 11.2. The molecule has 1 N–H and O–H groups in total. The summed E-state index contributed by atoms with van der Waals surface area (Å²) in [6.07, 6.45) is 1.60. The van der Waals surface area contributed by atoms with Gasteiger partial charge in [0.25, 0.3) is 5.56 Å². The van der Waals surface area contributed by atoms with Gasteiger partial charge in [-0.25, -0.2) is 0 Å². The zero-order valence-electron chi connectivity index (χ0n) is 8.20. The van der Waals surface area contributed by atoms with E-state index >= 15 is 0 Å². The van der Waals surface area contributed by atoms with Crippen LogP contribution in [0.4, 0.5) is 0 Å². The van der Waals surface area contributed by atoms with Gasteiger partial charge in [0, 0.05) is 10.7 Å². The maximum atomic E-state index is 11.2. The second-order valence-electron chi connectivity index (χ2n) is 3.25. The topological polar surface area (TPSA) is 56.6 Å². The smallest absolute Gasteiger partial charge is 0.265 e. The summed E-state index contributed by atoms with van der Waals surface area (Å²) in [4.78, 5) is 13.7. The average Bonchev–Trinajstić information content (AvgIpc) is 2.31. The van der Waals surface area contributed by atoms with Crippen LogP contribution in [0.2, 0.25) is 0 Å². The van der Waals surface area contributed by atoms with Crippen LogP contribution >= 0.6 is 15.9 Å². The van der Waals surface area contributed by atoms with Crippen LogP contribution in [0.5, 0.6) is 0 Å². The molecule has 0 radical (unpaired) electrons. The third-order valence-electron chi connectivity index (χ3n) is 2.20. The lowest BCUT2D eigenvalue weighted by molar-refractivity contribution is 1.22. The van der Waals surface area contributed by atoms with Crippen molar-refractivity contribution < 1.29 is 0 Å². The molecule has 0 saturated heterocycles. The fourth-order valence-electron chi connectivity index (χ4n) is 1.38. The number of aromatic nitrogens is 1. The van der Waals surface area contributed by atoms with Crippen molar-refractivity contribution in [2.24, 2.45) is 0 Å². The second kappa shape index (κ2) is 4.33. The first-order chi connectivity index (χ1) is 7.70. The Hall–Kier alpha value is -1.86. The van der Waals surface area contributed by atoms with Crippen LogP contribution in [0.15, 0.2) is 45.8 Å². The highest BCUT2D eigenvalue weighted by atomic mass is 79.9.